The molecule has 1 aromatic rings. The van der Waals surface area contributed by atoms with E-state index >= 15 is 0 Å². The Labute approximate surface area is 147 Å². The van der Waals surface area contributed by atoms with Gasteiger partial charge >= 0.3 is 5.97 Å². The van der Waals surface area contributed by atoms with Gasteiger partial charge in [0.1, 0.15) is 5.70 Å². The van der Waals surface area contributed by atoms with E-state index in [1.807, 2.05) is 0 Å². The third kappa shape index (κ3) is 2.54. The zero-order valence-corrected chi connectivity index (χ0v) is 14.2. The number of nitrogens with one attached hydrogen (secondary N) is 1. The van der Waals surface area contributed by atoms with Crippen molar-refractivity contribution in [3.8, 4) is 0 Å². The van der Waals surface area contributed by atoms with Gasteiger partial charge in [-0.2, -0.15) is 0 Å². The number of hydrazine groups is 1. The maximum atomic E-state index is 13.1. The summed E-state index contributed by atoms with van der Waals surface area (Å²) < 4.78 is 4.62. The Hall–Kier alpha value is -2.87. The molecule has 1 atom stereocenters. The predicted molar refractivity (Wildman–Crippen MR) is 87.0 cm³/mol. The molecule has 0 radical (unpaired) electrons. The van der Waals surface area contributed by atoms with Gasteiger partial charge in [-0.3, -0.25) is 19.8 Å². The molecule has 1 aromatic carbocycles. The van der Waals surface area contributed by atoms with Crippen molar-refractivity contribution in [2.75, 3.05) is 12.0 Å². The molecule has 0 unspecified atom stereocenters. The van der Waals surface area contributed by atoms with Gasteiger partial charge in [-0.25, -0.2) is 14.7 Å². The number of carbonyl (C=O) groups is 4. The van der Waals surface area contributed by atoms with E-state index in [0.717, 1.165) is 9.91 Å². The number of methoxy groups -OCH3 is 1. The lowest BCUT2D eigenvalue weighted by atomic mass is 9.96. The number of hydrogen-bond donors (Lipinski definition) is 1. The first-order valence-electron chi connectivity index (χ1n) is 7.32. The van der Waals surface area contributed by atoms with E-state index in [0.29, 0.717) is 10.7 Å². The predicted octanol–water partition coefficient (Wildman–Crippen LogP) is 0.766. The van der Waals surface area contributed by atoms with Crippen LogP contribution in [0.4, 0.5) is 5.69 Å². The highest BCUT2D eigenvalue weighted by molar-refractivity contribution is 6.32. The zero-order chi connectivity index (χ0) is 18.4. The number of amides is 3. The summed E-state index contributed by atoms with van der Waals surface area (Å²) in [5.74, 6) is -2.43. The average molecular weight is 364 g/mol. The fraction of sp³-hybridized carbons (Fsp3) is 0.250. The first-order chi connectivity index (χ1) is 11.8. The van der Waals surface area contributed by atoms with Crippen molar-refractivity contribution in [1.29, 1.82) is 0 Å². The van der Waals surface area contributed by atoms with Crippen LogP contribution >= 0.6 is 11.6 Å². The van der Waals surface area contributed by atoms with Crippen molar-refractivity contribution in [1.82, 2.24) is 10.4 Å². The third-order valence-electron chi connectivity index (χ3n) is 4.04. The van der Waals surface area contributed by atoms with Gasteiger partial charge < -0.3 is 4.74 Å². The van der Waals surface area contributed by atoms with E-state index in [1.54, 1.807) is 18.2 Å². The molecule has 3 rings (SSSR count). The van der Waals surface area contributed by atoms with E-state index in [1.165, 1.54) is 26.2 Å². The zero-order valence-electron chi connectivity index (χ0n) is 13.4. The molecular formula is C16H14ClN3O5. The van der Waals surface area contributed by atoms with Gasteiger partial charge in [-0.1, -0.05) is 17.7 Å². The molecule has 0 aliphatic carbocycles. The third-order valence-corrected chi connectivity index (χ3v) is 4.28. The lowest BCUT2D eigenvalue weighted by Gasteiger charge is -2.30. The molecule has 130 valence electrons. The minimum atomic E-state index is -1.62. The van der Waals surface area contributed by atoms with Gasteiger partial charge in [0.2, 0.25) is 11.8 Å². The largest absolute Gasteiger partial charge is 0.464 e. The molecule has 1 N–H and O–H groups in total. The van der Waals surface area contributed by atoms with Crippen molar-refractivity contribution in [2.24, 2.45) is 0 Å². The molecule has 25 heavy (non-hydrogen) atoms. The average Bonchev–Trinajstić information content (AvgIpc) is 3.06. The lowest BCUT2D eigenvalue weighted by molar-refractivity contribution is -0.143. The Morgan fingerprint density at radius 1 is 1.32 bits per heavy atom. The monoisotopic (exact) mass is 363 g/mol. The maximum Gasteiger partial charge on any atom is 0.355 e. The van der Waals surface area contributed by atoms with Crippen LogP contribution in [-0.4, -0.2) is 41.3 Å². The van der Waals surface area contributed by atoms with Crippen LogP contribution in [-0.2, 0) is 23.9 Å². The number of benzene rings is 1. The van der Waals surface area contributed by atoms with Crippen LogP contribution < -0.4 is 10.3 Å². The van der Waals surface area contributed by atoms with Crippen molar-refractivity contribution in [2.45, 2.75) is 18.9 Å². The number of rotatable bonds is 2. The maximum absolute atomic E-state index is 13.1. The fourth-order valence-electron chi connectivity index (χ4n) is 2.99. The first-order valence-corrected chi connectivity index (χ1v) is 7.69. The second-order valence-electron chi connectivity index (χ2n) is 5.63. The first kappa shape index (κ1) is 17.0. The summed E-state index contributed by atoms with van der Waals surface area (Å²) in [6, 6.07) is 6.25. The molecule has 9 heteroatoms. The van der Waals surface area contributed by atoms with Crippen LogP contribution in [0.5, 0.6) is 0 Å². The molecule has 2 aliphatic heterocycles. The van der Waals surface area contributed by atoms with Crippen LogP contribution in [0.25, 0.3) is 0 Å². The Balaban J connectivity index is 2.07. The number of esters is 1. The molecular weight excluding hydrogens is 350 g/mol. The van der Waals surface area contributed by atoms with Crippen LogP contribution in [0.3, 0.4) is 0 Å². The van der Waals surface area contributed by atoms with Gasteiger partial charge in [0.25, 0.3) is 5.91 Å². The van der Waals surface area contributed by atoms with E-state index in [9.17, 15) is 19.2 Å². The number of imide groups is 1. The van der Waals surface area contributed by atoms with Crippen LogP contribution in [0.15, 0.2) is 36.0 Å². The summed E-state index contributed by atoms with van der Waals surface area (Å²) in [5, 5.41) is 1.34. The molecule has 0 bridgehead atoms. The van der Waals surface area contributed by atoms with E-state index in [-0.39, 0.29) is 12.1 Å². The Morgan fingerprint density at radius 2 is 2.04 bits per heavy atom. The van der Waals surface area contributed by atoms with E-state index in [4.69, 9.17) is 11.6 Å². The van der Waals surface area contributed by atoms with Crippen LogP contribution in [0.2, 0.25) is 5.02 Å². The summed E-state index contributed by atoms with van der Waals surface area (Å²) in [4.78, 5) is 50.3. The van der Waals surface area contributed by atoms with Gasteiger partial charge in [0.15, 0.2) is 5.54 Å². The minimum absolute atomic E-state index is 0.0770. The number of ether oxygens (including phenoxy) is 1. The van der Waals surface area contributed by atoms with Crippen molar-refractivity contribution in [3.63, 3.8) is 0 Å². The molecule has 1 spiro atoms. The van der Waals surface area contributed by atoms with Crippen LogP contribution in [0.1, 0.15) is 13.3 Å². The lowest BCUT2D eigenvalue weighted by Crippen LogP contribution is -2.56. The smallest absolute Gasteiger partial charge is 0.355 e. The highest BCUT2D eigenvalue weighted by atomic mass is 35.5. The highest BCUT2D eigenvalue weighted by Crippen LogP contribution is 2.38. The second-order valence-corrected chi connectivity index (χ2v) is 6.07. The number of carbonyl (C=O) groups excluding carboxylic acids is 4. The van der Waals surface area contributed by atoms with E-state index in [2.05, 4.69) is 10.2 Å². The number of anilines is 1. The molecule has 8 nitrogen and oxygen atoms in total. The number of hydrogen-bond acceptors (Lipinski definition) is 6. The van der Waals surface area contributed by atoms with E-state index < -0.39 is 29.2 Å². The Morgan fingerprint density at radius 3 is 2.64 bits per heavy atom. The fourth-order valence-corrected chi connectivity index (χ4v) is 3.17. The van der Waals surface area contributed by atoms with Gasteiger partial charge in [0, 0.05) is 11.9 Å². The van der Waals surface area contributed by atoms with Crippen LogP contribution in [0, 0.1) is 0 Å². The van der Waals surface area contributed by atoms with Gasteiger partial charge in [0.05, 0.1) is 19.2 Å². The molecule has 3 amide bonds. The van der Waals surface area contributed by atoms with Gasteiger partial charge in [-0.15, -0.1) is 0 Å². The molecule has 0 saturated carbocycles. The quantitative estimate of drug-likeness (QED) is 0.615. The summed E-state index contributed by atoms with van der Waals surface area (Å²) >= 11 is 5.93. The normalized spacial score (nSPS) is 22.3. The SMILES string of the molecule is COC(=O)C1=C[C@]2(CC(=O)N(c3cccc(Cl)c3)C2=O)N(C(C)=O)N1. The minimum Gasteiger partial charge on any atom is -0.464 e. The number of halogens is 1. The van der Waals surface area contributed by atoms with Crippen molar-refractivity contribution < 1.29 is 23.9 Å². The standard InChI is InChI=1S/C16H14ClN3O5/c1-9(21)20-16(7-12(18-20)14(23)25-2)8-13(22)19(15(16)24)11-5-3-4-10(17)6-11/h3-7,18H,8H2,1-2H3/t16-/m1/s1. The summed E-state index contributed by atoms with van der Waals surface area (Å²) in [5.41, 5.74) is 1.15. The summed E-state index contributed by atoms with van der Waals surface area (Å²) in [6.45, 7) is 1.22. The molecule has 2 heterocycles. The summed E-state index contributed by atoms with van der Waals surface area (Å²) in [7, 11) is 1.17. The van der Waals surface area contributed by atoms with Crippen molar-refractivity contribution >= 4 is 41.0 Å². The molecule has 2 aliphatic rings. The summed E-state index contributed by atoms with van der Waals surface area (Å²) in [6.07, 6.45) is 0.955. The second kappa shape index (κ2) is 5.89. The topological polar surface area (TPSA) is 96.0 Å². The molecule has 0 aromatic heterocycles. The van der Waals surface area contributed by atoms with Crippen molar-refractivity contribution in [3.05, 3.63) is 41.1 Å². The van der Waals surface area contributed by atoms with Gasteiger partial charge in [-0.05, 0) is 24.3 Å². The molecule has 1 saturated heterocycles. The molecule has 1 fully saturated rings. The Kier molecular flexibility index (Phi) is 4.00. The Bertz CT molecular complexity index is 837. The highest BCUT2D eigenvalue weighted by Gasteiger charge is 2.59. The number of nitrogens with zero attached hydrogens (tertiary/aromatic N) is 2.